The van der Waals surface area contributed by atoms with Gasteiger partial charge < -0.3 is 4.57 Å². The summed E-state index contributed by atoms with van der Waals surface area (Å²) in [7, 11) is 0. The van der Waals surface area contributed by atoms with Crippen LogP contribution in [0.25, 0.3) is 72.8 Å². The van der Waals surface area contributed by atoms with Crippen LogP contribution in [0.3, 0.4) is 0 Å². The second kappa shape index (κ2) is 12.6. The minimum Gasteiger partial charge on any atom is -0.309 e. The van der Waals surface area contributed by atoms with Crippen LogP contribution in [0.15, 0.2) is 181 Å². The third-order valence-corrected chi connectivity index (χ3v) is 10.6. The first-order valence-corrected chi connectivity index (χ1v) is 18.3. The molecule has 256 valence electrons. The molecule has 0 aliphatic carbocycles. The van der Waals surface area contributed by atoms with Crippen LogP contribution in [-0.2, 0) is 5.41 Å². The topological polar surface area (TPSA) is 56.0 Å². The maximum atomic E-state index is 5.37. The van der Waals surface area contributed by atoms with Gasteiger partial charge in [-0.1, -0.05) is 166 Å². The van der Waals surface area contributed by atoms with Crippen molar-refractivity contribution in [1.82, 2.24) is 19.5 Å². The number of rotatable bonds is 6. The van der Waals surface area contributed by atoms with E-state index in [4.69, 9.17) is 19.9 Å². The highest BCUT2D eigenvalue weighted by molar-refractivity contribution is 6.21. The third-order valence-electron chi connectivity index (χ3n) is 10.6. The molecular formula is C49H35N5. The van der Waals surface area contributed by atoms with Crippen LogP contribution < -0.4 is 0 Å². The summed E-state index contributed by atoms with van der Waals surface area (Å²) in [5.74, 6) is 1.95. The lowest BCUT2D eigenvalue weighted by Gasteiger charge is -2.22. The fourth-order valence-corrected chi connectivity index (χ4v) is 7.89. The molecule has 7 aromatic carbocycles. The summed E-state index contributed by atoms with van der Waals surface area (Å²) in [5.41, 5.74) is 13.0. The van der Waals surface area contributed by atoms with Gasteiger partial charge in [-0.15, -0.1) is 0 Å². The Morgan fingerprint density at radius 1 is 0.407 bits per heavy atom. The Balaban J connectivity index is 1.01. The van der Waals surface area contributed by atoms with Crippen LogP contribution >= 0.6 is 0 Å². The van der Waals surface area contributed by atoms with Crippen molar-refractivity contribution in [2.24, 2.45) is 4.99 Å². The molecule has 0 saturated heterocycles. The number of hydrogen-bond donors (Lipinski definition) is 0. The van der Waals surface area contributed by atoms with Crippen molar-refractivity contribution in [3.63, 3.8) is 0 Å². The summed E-state index contributed by atoms with van der Waals surface area (Å²) >= 11 is 0. The molecule has 0 N–H and O–H groups in total. The number of nitrogens with zero attached hydrogens (tertiary/aromatic N) is 5. The first kappa shape index (κ1) is 31.7. The summed E-state index contributed by atoms with van der Waals surface area (Å²) in [6, 6.07) is 61.3. The number of aromatic nitrogens is 4. The van der Waals surface area contributed by atoms with Crippen LogP contribution in [-0.4, -0.2) is 25.2 Å². The smallest absolute Gasteiger partial charge is 0.164 e. The Labute approximate surface area is 314 Å². The molecule has 0 amide bonds. The summed E-state index contributed by atoms with van der Waals surface area (Å²) in [5, 5.41) is 2.41. The van der Waals surface area contributed by atoms with Crippen LogP contribution in [0.4, 0.5) is 5.69 Å². The summed E-state index contributed by atoms with van der Waals surface area (Å²) < 4.78 is 2.37. The van der Waals surface area contributed by atoms with E-state index in [-0.39, 0.29) is 5.41 Å². The van der Waals surface area contributed by atoms with Gasteiger partial charge in [-0.2, -0.15) is 0 Å². The molecule has 0 radical (unpaired) electrons. The van der Waals surface area contributed by atoms with E-state index in [1.807, 2.05) is 60.7 Å². The third kappa shape index (κ3) is 5.24. The van der Waals surface area contributed by atoms with Gasteiger partial charge >= 0.3 is 0 Å². The molecule has 0 atom stereocenters. The predicted molar refractivity (Wildman–Crippen MR) is 222 cm³/mol. The Bertz CT molecular complexity index is 2800. The van der Waals surface area contributed by atoms with Crippen molar-refractivity contribution in [1.29, 1.82) is 0 Å². The fourth-order valence-electron chi connectivity index (χ4n) is 7.89. The molecule has 54 heavy (non-hydrogen) atoms. The minimum absolute atomic E-state index is 0.205. The van der Waals surface area contributed by atoms with Gasteiger partial charge in [0.2, 0.25) is 0 Å². The van der Waals surface area contributed by atoms with Gasteiger partial charge in [-0.3, -0.25) is 4.99 Å². The van der Waals surface area contributed by atoms with Crippen molar-refractivity contribution in [2.75, 3.05) is 0 Å². The summed E-state index contributed by atoms with van der Waals surface area (Å²) in [6.07, 6.45) is 0. The number of fused-ring (bicyclic) bond motifs is 5. The monoisotopic (exact) mass is 693 g/mol. The lowest BCUT2D eigenvalue weighted by Crippen LogP contribution is -2.26. The van der Waals surface area contributed by atoms with Gasteiger partial charge in [0.25, 0.3) is 0 Å². The summed E-state index contributed by atoms with van der Waals surface area (Å²) in [6.45, 7) is 4.57. The molecule has 0 fully saturated rings. The molecule has 2 aromatic heterocycles. The van der Waals surface area contributed by atoms with Crippen LogP contribution in [0.2, 0.25) is 0 Å². The highest BCUT2D eigenvalue weighted by Crippen LogP contribution is 2.49. The molecule has 3 heterocycles. The van der Waals surface area contributed by atoms with Crippen molar-refractivity contribution in [2.45, 2.75) is 19.3 Å². The quantitative estimate of drug-likeness (QED) is 0.174. The first-order chi connectivity index (χ1) is 26.5. The number of hydrogen-bond acceptors (Lipinski definition) is 4. The zero-order valence-electron chi connectivity index (χ0n) is 30.0. The summed E-state index contributed by atoms with van der Waals surface area (Å²) in [4.78, 5) is 20.0. The fraction of sp³-hybridized carbons (Fsp3) is 0.0612. The molecule has 5 nitrogen and oxygen atoms in total. The maximum absolute atomic E-state index is 5.37. The van der Waals surface area contributed by atoms with Gasteiger partial charge in [-0.25, -0.2) is 15.0 Å². The Morgan fingerprint density at radius 2 is 0.870 bits per heavy atom. The second-order valence-electron chi connectivity index (χ2n) is 14.3. The lowest BCUT2D eigenvalue weighted by molar-refractivity contribution is 0.738. The predicted octanol–water partition coefficient (Wildman–Crippen LogP) is 12.0. The van der Waals surface area contributed by atoms with Gasteiger partial charge in [0.15, 0.2) is 17.5 Å². The van der Waals surface area contributed by atoms with E-state index >= 15 is 0 Å². The second-order valence-corrected chi connectivity index (χ2v) is 14.3. The molecular weight excluding hydrogens is 659 g/mol. The van der Waals surface area contributed by atoms with Gasteiger partial charge in [-0.05, 0) is 46.5 Å². The van der Waals surface area contributed by atoms with E-state index in [0.717, 1.165) is 50.4 Å². The van der Waals surface area contributed by atoms with E-state index in [2.05, 4.69) is 134 Å². The first-order valence-electron chi connectivity index (χ1n) is 18.3. The van der Waals surface area contributed by atoms with Crippen LogP contribution in [0.5, 0.6) is 0 Å². The van der Waals surface area contributed by atoms with Crippen LogP contribution in [0.1, 0.15) is 25.0 Å². The standard InChI is InChI=1S/C49H35N5/c1-49(2)40-30-31-42-43(44(40)50-45(49)34-14-6-3-7-15-34)39-20-12-13-21-41(39)54(42)38-28-26-33(27-29-38)32-22-24-37(25-23-32)48-52-46(35-16-8-4-9-17-35)51-47(53-48)36-18-10-5-11-19-36/h3-31H,1-2H3. The minimum atomic E-state index is -0.205. The Kier molecular flexibility index (Phi) is 7.41. The van der Waals surface area contributed by atoms with Crippen molar-refractivity contribution in [3.8, 4) is 51.0 Å². The van der Waals surface area contributed by atoms with E-state index in [0.29, 0.717) is 17.5 Å². The Morgan fingerprint density at radius 3 is 1.44 bits per heavy atom. The molecule has 0 unspecified atom stereocenters. The molecule has 5 heteroatoms. The van der Waals surface area contributed by atoms with E-state index < -0.39 is 0 Å². The lowest BCUT2D eigenvalue weighted by atomic mass is 9.78. The molecule has 1 aliphatic rings. The largest absolute Gasteiger partial charge is 0.309 e. The van der Waals surface area contributed by atoms with Gasteiger partial charge in [0.1, 0.15) is 0 Å². The Hall–Kier alpha value is -6.98. The molecule has 0 bridgehead atoms. The molecule has 0 saturated carbocycles. The average Bonchev–Trinajstić information content (AvgIpc) is 3.72. The van der Waals surface area contributed by atoms with Crippen molar-refractivity contribution in [3.05, 3.63) is 187 Å². The van der Waals surface area contributed by atoms with Crippen molar-refractivity contribution < 1.29 is 0 Å². The highest BCUT2D eigenvalue weighted by atomic mass is 15.0. The zero-order valence-corrected chi connectivity index (χ0v) is 30.0. The maximum Gasteiger partial charge on any atom is 0.164 e. The van der Waals surface area contributed by atoms with E-state index in [9.17, 15) is 0 Å². The van der Waals surface area contributed by atoms with Crippen molar-refractivity contribution >= 4 is 33.2 Å². The number of benzene rings is 7. The number of para-hydroxylation sites is 1. The molecule has 1 aliphatic heterocycles. The molecule has 9 aromatic rings. The molecule has 10 rings (SSSR count). The normalized spacial score (nSPS) is 13.3. The highest BCUT2D eigenvalue weighted by Gasteiger charge is 2.37. The SMILES string of the molecule is CC1(C)C(c2ccccc2)=Nc2c1ccc1c2c2ccccc2n1-c1ccc(-c2ccc(-c3nc(-c4ccccc4)nc(-c4ccccc4)n3)cc2)cc1. The van der Waals surface area contributed by atoms with Crippen LogP contribution in [0, 0.1) is 0 Å². The van der Waals surface area contributed by atoms with E-state index in [1.54, 1.807) is 0 Å². The average molecular weight is 694 g/mol. The number of aliphatic imine (C=N–C) groups is 1. The van der Waals surface area contributed by atoms with Gasteiger partial charge in [0, 0.05) is 38.6 Å². The van der Waals surface area contributed by atoms with Gasteiger partial charge in [0.05, 0.1) is 22.4 Å². The van der Waals surface area contributed by atoms with E-state index in [1.165, 1.54) is 27.4 Å². The molecule has 0 spiro atoms. The zero-order chi connectivity index (χ0) is 36.2.